The average Bonchev–Trinajstić information content (AvgIpc) is 3.16. The first-order valence-electron chi connectivity index (χ1n) is 22.2. The Bertz CT molecular complexity index is 1030. The minimum Gasteiger partial charge on any atom is -0.458 e. The second kappa shape index (κ2) is 41.5. The van der Waals surface area contributed by atoms with E-state index in [4.69, 9.17) is 4.74 Å². The molecule has 3 N–H and O–H groups in total. The number of rotatable bonds is 38. The Morgan fingerprint density at radius 1 is 0.593 bits per heavy atom. The second-order valence-electron chi connectivity index (χ2n) is 14.8. The van der Waals surface area contributed by atoms with Gasteiger partial charge in [0.1, 0.15) is 6.10 Å². The van der Waals surface area contributed by atoms with Gasteiger partial charge in [-0.15, -0.1) is 0 Å². The smallest absolute Gasteiger partial charge is 0.306 e. The minimum absolute atomic E-state index is 0.0418. The van der Waals surface area contributed by atoms with Gasteiger partial charge in [-0.05, 0) is 57.4 Å². The number of carbonyl (C=O) groups excluding carboxylic acids is 2. The van der Waals surface area contributed by atoms with Crippen molar-refractivity contribution in [2.75, 3.05) is 6.61 Å². The molecule has 0 aliphatic rings. The van der Waals surface area contributed by atoms with Gasteiger partial charge in [-0.25, -0.2) is 0 Å². The lowest BCUT2D eigenvalue weighted by atomic mass is 10.0. The zero-order valence-electron chi connectivity index (χ0n) is 35.1. The fraction of sp³-hybridized carbons (Fsp3) is 0.708. The fourth-order valence-corrected chi connectivity index (χ4v) is 6.23. The van der Waals surface area contributed by atoms with Crippen LogP contribution in [-0.4, -0.2) is 46.9 Å². The van der Waals surface area contributed by atoms with Crippen LogP contribution in [0.1, 0.15) is 194 Å². The summed E-state index contributed by atoms with van der Waals surface area (Å²) in [6, 6.07) is -0.737. The largest absolute Gasteiger partial charge is 0.458 e. The predicted molar refractivity (Wildman–Crippen MR) is 231 cm³/mol. The lowest BCUT2D eigenvalue weighted by molar-refractivity contribution is -0.148. The van der Waals surface area contributed by atoms with Crippen LogP contribution in [0.15, 0.2) is 72.9 Å². The third-order valence-corrected chi connectivity index (χ3v) is 9.61. The lowest BCUT2D eigenvalue weighted by Crippen LogP contribution is -2.46. The number of ether oxygens (including phenoxy) is 1. The number of aliphatic hydroxyl groups is 2. The normalized spacial score (nSPS) is 14.1. The van der Waals surface area contributed by atoms with Crippen molar-refractivity contribution < 1.29 is 24.5 Å². The highest BCUT2D eigenvalue weighted by molar-refractivity contribution is 5.78. The van der Waals surface area contributed by atoms with Crippen LogP contribution < -0.4 is 5.32 Å². The number of aliphatic hydroxyl groups excluding tert-OH is 2. The maximum Gasteiger partial charge on any atom is 0.306 e. The molecule has 0 aromatic heterocycles. The molecular formula is C48H83NO5. The summed E-state index contributed by atoms with van der Waals surface area (Å²) in [5.74, 6) is -0.638. The summed E-state index contributed by atoms with van der Waals surface area (Å²) in [6.45, 7) is 6.25. The van der Waals surface area contributed by atoms with Gasteiger partial charge in [0, 0.05) is 6.42 Å². The second-order valence-corrected chi connectivity index (χ2v) is 14.8. The van der Waals surface area contributed by atoms with Crippen molar-refractivity contribution in [2.45, 2.75) is 212 Å². The van der Waals surface area contributed by atoms with Gasteiger partial charge in [0.2, 0.25) is 5.91 Å². The molecular weight excluding hydrogens is 671 g/mol. The number of nitrogens with one attached hydrogen (secondary N) is 1. The molecule has 0 rings (SSSR count). The molecule has 6 nitrogen and oxygen atoms in total. The number of hydrogen-bond acceptors (Lipinski definition) is 5. The number of carbonyl (C=O) groups is 2. The van der Waals surface area contributed by atoms with Crippen LogP contribution in [0.5, 0.6) is 0 Å². The Labute approximate surface area is 332 Å². The summed E-state index contributed by atoms with van der Waals surface area (Å²) >= 11 is 0. The Balaban J connectivity index is 4.74. The van der Waals surface area contributed by atoms with Gasteiger partial charge in [-0.3, -0.25) is 9.59 Å². The SMILES string of the molecule is CC/C=C/C=C/C=C/C=C\CCCCCCCC(=O)OC(/C=C/C/C=C\CCCCCCCC)CC(=O)NC(CO)C(O)CCCCCCCCCCC. The Hall–Kier alpha value is -2.70. The third-order valence-electron chi connectivity index (χ3n) is 9.61. The van der Waals surface area contributed by atoms with Crippen LogP contribution in [-0.2, 0) is 14.3 Å². The first kappa shape index (κ1) is 51.3. The number of esters is 1. The van der Waals surface area contributed by atoms with Gasteiger partial charge in [0.15, 0.2) is 0 Å². The molecule has 310 valence electrons. The van der Waals surface area contributed by atoms with Crippen LogP contribution in [0.2, 0.25) is 0 Å². The number of unbranched alkanes of at least 4 members (excludes halogenated alkanes) is 19. The Morgan fingerprint density at radius 3 is 1.70 bits per heavy atom. The molecule has 0 radical (unpaired) electrons. The quantitative estimate of drug-likeness (QED) is 0.0252. The number of amides is 1. The molecule has 3 atom stereocenters. The van der Waals surface area contributed by atoms with E-state index >= 15 is 0 Å². The van der Waals surface area contributed by atoms with Crippen LogP contribution >= 0.6 is 0 Å². The molecule has 0 aliphatic carbocycles. The molecule has 0 saturated heterocycles. The zero-order chi connectivity index (χ0) is 39.6. The van der Waals surface area contributed by atoms with Crippen LogP contribution in [0.4, 0.5) is 0 Å². The van der Waals surface area contributed by atoms with Gasteiger partial charge < -0.3 is 20.3 Å². The van der Waals surface area contributed by atoms with Gasteiger partial charge >= 0.3 is 5.97 Å². The predicted octanol–water partition coefficient (Wildman–Crippen LogP) is 12.7. The molecule has 0 aliphatic heterocycles. The summed E-state index contributed by atoms with van der Waals surface area (Å²) in [5.41, 5.74) is 0. The highest BCUT2D eigenvalue weighted by Crippen LogP contribution is 2.14. The molecule has 54 heavy (non-hydrogen) atoms. The summed E-state index contributed by atoms with van der Waals surface area (Å²) < 4.78 is 5.78. The maximum absolute atomic E-state index is 13.1. The van der Waals surface area contributed by atoms with E-state index in [0.717, 1.165) is 70.6 Å². The topological polar surface area (TPSA) is 95.9 Å². The van der Waals surface area contributed by atoms with Crippen LogP contribution in [0.3, 0.4) is 0 Å². The average molecular weight is 754 g/mol. The Morgan fingerprint density at radius 2 is 1.11 bits per heavy atom. The van der Waals surface area contributed by atoms with Gasteiger partial charge in [-0.1, -0.05) is 197 Å². The summed E-state index contributed by atoms with van der Waals surface area (Å²) in [6.07, 6.45) is 51.3. The van der Waals surface area contributed by atoms with Crippen molar-refractivity contribution in [1.82, 2.24) is 5.32 Å². The molecule has 0 spiro atoms. The monoisotopic (exact) mass is 754 g/mol. The third kappa shape index (κ3) is 36.3. The summed E-state index contributed by atoms with van der Waals surface area (Å²) in [5, 5.41) is 23.5. The van der Waals surface area contributed by atoms with E-state index in [1.54, 1.807) is 0 Å². The molecule has 0 aromatic rings. The molecule has 0 aromatic carbocycles. The minimum atomic E-state index is -0.815. The van der Waals surface area contributed by atoms with Gasteiger partial charge in [-0.2, -0.15) is 0 Å². The van der Waals surface area contributed by atoms with Gasteiger partial charge in [0.25, 0.3) is 0 Å². The van der Waals surface area contributed by atoms with Crippen molar-refractivity contribution in [3.8, 4) is 0 Å². The lowest BCUT2D eigenvalue weighted by Gasteiger charge is -2.23. The van der Waals surface area contributed by atoms with E-state index in [2.05, 4.69) is 68.6 Å². The highest BCUT2D eigenvalue weighted by atomic mass is 16.5. The molecule has 6 heteroatoms. The van der Waals surface area contributed by atoms with Crippen molar-refractivity contribution in [2.24, 2.45) is 0 Å². The molecule has 0 bridgehead atoms. The van der Waals surface area contributed by atoms with Gasteiger partial charge in [0.05, 0.1) is 25.2 Å². The molecule has 0 saturated carbocycles. The van der Waals surface area contributed by atoms with E-state index < -0.39 is 18.2 Å². The van der Waals surface area contributed by atoms with Crippen molar-refractivity contribution >= 4 is 11.9 Å². The van der Waals surface area contributed by atoms with Crippen molar-refractivity contribution in [3.05, 3.63) is 72.9 Å². The van der Waals surface area contributed by atoms with E-state index in [1.165, 1.54) is 77.0 Å². The van der Waals surface area contributed by atoms with Crippen LogP contribution in [0, 0.1) is 0 Å². The Kier molecular flexibility index (Phi) is 39.4. The van der Waals surface area contributed by atoms with E-state index in [9.17, 15) is 19.8 Å². The number of hydrogen-bond donors (Lipinski definition) is 3. The molecule has 0 fully saturated rings. The standard InChI is InChI=1S/C48H83NO5/c1-4-7-10-13-16-19-21-22-23-24-26-29-32-35-38-41-48(53)54-44(39-36-33-30-28-25-20-17-14-11-8-5-2)42-47(52)49-45(43-50)46(51)40-37-34-31-27-18-15-12-9-6-3/h7,10,13,16,19,21-23,28,30,36,39,44-46,50-51H,4-6,8-9,11-12,14-15,17-18,20,24-27,29,31-35,37-38,40-43H2,1-3H3,(H,49,52)/b10-7+,16-13+,21-19+,23-22-,30-28-,39-36+. The fourth-order valence-electron chi connectivity index (χ4n) is 6.23. The molecule has 1 amide bonds. The summed E-state index contributed by atoms with van der Waals surface area (Å²) in [7, 11) is 0. The van der Waals surface area contributed by atoms with E-state index in [1.807, 2.05) is 30.4 Å². The zero-order valence-corrected chi connectivity index (χ0v) is 35.1. The van der Waals surface area contributed by atoms with Crippen molar-refractivity contribution in [3.63, 3.8) is 0 Å². The highest BCUT2D eigenvalue weighted by Gasteiger charge is 2.23. The van der Waals surface area contributed by atoms with Crippen molar-refractivity contribution in [1.29, 1.82) is 0 Å². The number of allylic oxidation sites excluding steroid dienone is 11. The molecule has 3 unspecified atom stereocenters. The maximum atomic E-state index is 13.1. The molecule has 0 heterocycles. The van der Waals surface area contributed by atoms with E-state index in [0.29, 0.717) is 19.3 Å². The first-order chi connectivity index (χ1) is 26.5. The first-order valence-corrected chi connectivity index (χ1v) is 22.2. The summed E-state index contributed by atoms with van der Waals surface area (Å²) in [4.78, 5) is 25.9. The van der Waals surface area contributed by atoms with Crippen LogP contribution in [0.25, 0.3) is 0 Å². The van der Waals surface area contributed by atoms with E-state index in [-0.39, 0.29) is 24.9 Å².